The monoisotopic (exact) mass is 272 g/mol. The molecule has 0 spiro atoms. The Hall–Kier alpha value is -1.71. The van der Waals surface area contributed by atoms with Gasteiger partial charge in [0.25, 0.3) is 5.91 Å². The Morgan fingerprint density at radius 1 is 1.30 bits per heavy atom. The van der Waals surface area contributed by atoms with Crippen LogP contribution in [0.4, 0.5) is 11.4 Å². The molecule has 2 saturated carbocycles. The van der Waals surface area contributed by atoms with Crippen molar-refractivity contribution in [2.75, 3.05) is 23.8 Å². The molecule has 1 heterocycles. The Labute approximate surface area is 118 Å². The molecular weight excluding hydrogens is 252 g/mol. The summed E-state index contributed by atoms with van der Waals surface area (Å²) in [7, 11) is 0. The molecular formula is C16H20N2O2. The third kappa shape index (κ3) is 1.86. The van der Waals surface area contributed by atoms with Crippen LogP contribution in [0, 0.1) is 17.8 Å². The van der Waals surface area contributed by atoms with E-state index in [1.165, 1.54) is 25.7 Å². The number of carbonyl (C=O) groups is 1. The average molecular weight is 272 g/mol. The summed E-state index contributed by atoms with van der Waals surface area (Å²) in [4.78, 5) is 14.1. The maximum absolute atomic E-state index is 12.2. The molecule has 3 unspecified atom stereocenters. The van der Waals surface area contributed by atoms with E-state index in [-0.39, 0.29) is 12.5 Å². The molecule has 4 nitrogen and oxygen atoms in total. The van der Waals surface area contributed by atoms with Gasteiger partial charge in [-0.2, -0.15) is 0 Å². The number of carbonyl (C=O) groups excluding carboxylic acids is 1. The summed E-state index contributed by atoms with van der Waals surface area (Å²) in [5.41, 5.74) is 7.36. The van der Waals surface area contributed by atoms with Gasteiger partial charge in [0.15, 0.2) is 6.61 Å². The van der Waals surface area contributed by atoms with Crippen molar-refractivity contribution in [3.05, 3.63) is 18.2 Å². The van der Waals surface area contributed by atoms with Crippen molar-refractivity contribution in [3.63, 3.8) is 0 Å². The summed E-state index contributed by atoms with van der Waals surface area (Å²) >= 11 is 0. The number of anilines is 2. The van der Waals surface area contributed by atoms with Crippen LogP contribution in [0.3, 0.4) is 0 Å². The van der Waals surface area contributed by atoms with Crippen LogP contribution >= 0.6 is 0 Å². The van der Waals surface area contributed by atoms with E-state index in [0.717, 1.165) is 29.8 Å². The normalized spacial score (nSPS) is 31.3. The van der Waals surface area contributed by atoms with Crippen molar-refractivity contribution in [1.29, 1.82) is 0 Å². The van der Waals surface area contributed by atoms with Crippen LogP contribution in [0.15, 0.2) is 18.2 Å². The first-order valence-corrected chi connectivity index (χ1v) is 7.53. The summed E-state index contributed by atoms with van der Waals surface area (Å²) in [5, 5.41) is 0. The molecule has 0 saturated heterocycles. The number of hydrogen-bond acceptors (Lipinski definition) is 3. The molecule has 1 aliphatic heterocycles. The number of amides is 1. The van der Waals surface area contributed by atoms with Crippen LogP contribution in [0.25, 0.3) is 0 Å². The molecule has 3 atom stereocenters. The molecule has 20 heavy (non-hydrogen) atoms. The van der Waals surface area contributed by atoms with Crippen molar-refractivity contribution < 1.29 is 9.53 Å². The van der Waals surface area contributed by atoms with Crippen LogP contribution < -0.4 is 15.4 Å². The highest BCUT2D eigenvalue weighted by atomic mass is 16.5. The van der Waals surface area contributed by atoms with Crippen LogP contribution in [0.5, 0.6) is 5.75 Å². The SMILES string of the molecule is Nc1ccc2c(c1)OCC(=O)N2CC1CC2CCC1C2. The largest absolute Gasteiger partial charge is 0.481 e. The molecule has 2 N–H and O–H groups in total. The van der Waals surface area contributed by atoms with E-state index in [9.17, 15) is 4.79 Å². The molecule has 1 amide bonds. The number of hydrogen-bond donors (Lipinski definition) is 1. The second-order valence-corrected chi connectivity index (χ2v) is 6.46. The predicted octanol–water partition coefficient (Wildman–Crippen LogP) is 2.43. The van der Waals surface area contributed by atoms with Crippen molar-refractivity contribution in [2.24, 2.45) is 17.8 Å². The first-order chi connectivity index (χ1) is 9.70. The number of nitrogen functional groups attached to an aromatic ring is 1. The number of ether oxygens (including phenoxy) is 1. The highest BCUT2D eigenvalue weighted by Crippen LogP contribution is 2.49. The third-order valence-electron chi connectivity index (χ3n) is 5.23. The molecule has 2 bridgehead atoms. The Balaban J connectivity index is 1.59. The second-order valence-electron chi connectivity index (χ2n) is 6.46. The van der Waals surface area contributed by atoms with Gasteiger partial charge in [0.1, 0.15) is 5.75 Å². The molecule has 1 aromatic carbocycles. The fraction of sp³-hybridized carbons (Fsp3) is 0.562. The van der Waals surface area contributed by atoms with Gasteiger partial charge < -0.3 is 15.4 Å². The molecule has 4 heteroatoms. The quantitative estimate of drug-likeness (QED) is 0.841. The Kier molecular flexibility index (Phi) is 2.65. The molecule has 2 fully saturated rings. The van der Waals surface area contributed by atoms with E-state index in [1.807, 2.05) is 23.1 Å². The van der Waals surface area contributed by atoms with Crippen molar-refractivity contribution in [3.8, 4) is 5.75 Å². The molecule has 4 rings (SSSR count). The van der Waals surface area contributed by atoms with E-state index < -0.39 is 0 Å². The Bertz CT molecular complexity index is 557. The molecule has 2 aliphatic carbocycles. The topological polar surface area (TPSA) is 55.6 Å². The highest BCUT2D eigenvalue weighted by Gasteiger charge is 2.41. The van der Waals surface area contributed by atoms with Gasteiger partial charge in [0, 0.05) is 18.3 Å². The van der Waals surface area contributed by atoms with Gasteiger partial charge in [0.05, 0.1) is 5.69 Å². The van der Waals surface area contributed by atoms with Gasteiger partial charge in [-0.05, 0) is 49.1 Å². The van der Waals surface area contributed by atoms with E-state index in [4.69, 9.17) is 10.5 Å². The molecule has 1 aromatic rings. The lowest BCUT2D eigenvalue weighted by Crippen LogP contribution is -2.42. The van der Waals surface area contributed by atoms with Crippen LogP contribution in [0.2, 0.25) is 0 Å². The summed E-state index contributed by atoms with van der Waals surface area (Å²) in [5.74, 6) is 3.22. The average Bonchev–Trinajstić information content (AvgIpc) is 3.04. The molecule has 0 aromatic heterocycles. The zero-order valence-corrected chi connectivity index (χ0v) is 11.5. The van der Waals surface area contributed by atoms with Gasteiger partial charge in [0.2, 0.25) is 0 Å². The Morgan fingerprint density at radius 2 is 2.20 bits per heavy atom. The minimum atomic E-state index is 0.0741. The summed E-state index contributed by atoms with van der Waals surface area (Å²) in [6.07, 6.45) is 5.41. The lowest BCUT2D eigenvalue weighted by molar-refractivity contribution is -0.121. The molecule has 3 aliphatic rings. The number of nitrogens with zero attached hydrogens (tertiary/aromatic N) is 1. The van der Waals surface area contributed by atoms with Gasteiger partial charge in [-0.1, -0.05) is 6.42 Å². The minimum Gasteiger partial charge on any atom is -0.481 e. The minimum absolute atomic E-state index is 0.0741. The van der Waals surface area contributed by atoms with E-state index in [0.29, 0.717) is 11.6 Å². The zero-order valence-electron chi connectivity index (χ0n) is 11.5. The van der Waals surface area contributed by atoms with E-state index >= 15 is 0 Å². The van der Waals surface area contributed by atoms with Crippen LogP contribution in [0.1, 0.15) is 25.7 Å². The van der Waals surface area contributed by atoms with Crippen molar-refractivity contribution in [1.82, 2.24) is 0 Å². The standard InChI is InChI=1S/C16H20N2O2/c17-13-3-4-14-15(7-13)20-9-16(19)18(14)8-12-6-10-1-2-11(12)5-10/h3-4,7,10-12H,1-2,5-6,8-9,17H2. The summed E-state index contributed by atoms with van der Waals surface area (Å²) in [6.45, 7) is 0.984. The first-order valence-electron chi connectivity index (χ1n) is 7.53. The molecule has 106 valence electrons. The highest BCUT2D eigenvalue weighted by molar-refractivity contribution is 5.98. The third-order valence-corrected chi connectivity index (χ3v) is 5.23. The van der Waals surface area contributed by atoms with E-state index in [2.05, 4.69) is 0 Å². The van der Waals surface area contributed by atoms with Crippen molar-refractivity contribution in [2.45, 2.75) is 25.7 Å². The fourth-order valence-electron chi connectivity index (χ4n) is 4.26. The lowest BCUT2D eigenvalue weighted by Gasteiger charge is -2.33. The Morgan fingerprint density at radius 3 is 2.95 bits per heavy atom. The number of rotatable bonds is 2. The van der Waals surface area contributed by atoms with Crippen molar-refractivity contribution >= 4 is 17.3 Å². The maximum Gasteiger partial charge on any atom is 0.265 e. The van der Waals surface area contributed by atoms with Crippen LogP contribution in [-0.4, -0.2) is 19.1 Å². The van der Waals surface area contributed by atoms with Gasteiger partial charge in [-0.3, -0.25) is 4.79 Å². The van der Waals surface area contributed by atoms with Gasteiger partial charge in [-0.15, -0.1) is 0 Å². The molecule has 0 radical (unpaired) electrons. The number of fused-ring (bicyclic) bond motifs is 3. The van der Waals surface area contributed by atoms with Gasteiger partial charge >= 0.3 is 0 Å². The summed E-state index contributed by atoms with van der Waals surface area (Å²) in [6, 6.07) is 5.57. The predicted molar refractivity (Wildman–Crippen MR) is 77.6 cm³/mol. The summed E-state index contributed by atoms with van der Waals surface area (Å²) < 4.78 is 5.50. The fourth-order valence-corrected chi connectivity index (χ4v) is 4.26. The number of nitrogens with two attached hydrogens (primary N) is 1. The number of benzene rings is 1. The zero-order chi connectivity index (χ0) is 13.7. The van der Waals surface area contributed by atoms with Crippen LogP contribution in [-0.2, 0) is 4.79 Å². The maximum atomic E-state index is 12.2. The lowest BCUT2D eigenvalue weighted by atomic mass is 9.88. The van der Waals surface area contributed by atoms with Gasteiger partial charge in [-0.25, -0.2) is 0 Å². The second kappa shape index (κ2) is 4.40. The smallest absolute Gasteiger partial charge is 0.265 e. The first kappa shape index (κ1) is 12.1. The van der Waals surface area contributed by atoms with E-state index in [1.54, 1.807) is 0 Å².